The van der Waals surface area contributed by atoms with Crippen molar-refractivity contribution in [3.05, 3.63) is 0 Å². The highest BCUT2D eigenvalue weighted by Gasteiger charge is 2.24. The molecule has 1 saturated heterocycles. The van der Waals surface area contributed by atoms with Crippen LogP contribution in [0, 0.1) is 0 Å². The smallest absolute Gasteiger partial charge is 0.323 e. The summed E-state index contributed by atoms with van der Waals surface area (Å²) in [6.07, 6.45) is 0. The molecule has 0 aromatic heterocycles. The van der Waals surface area contributed by atoms with Gasteiger partial charge in [0.05, 0.1) is 0 Å². The third-order valence-corrected chi connectivity index (χ3v) is 3.66. The average Bonchev–Trinajstić information content (AvgIpc) is 2.36. The third-order valence-electron chi connectivity index (χ3n) is 3.66. The maximum Gasteiger partial charge on any atom is 0.323 e. The number of hydrogen-bond donors (Lipinski definition) is 2. The van der Waals surface area contributed by atoms with Gasteiger partial charge in [0.15, 0.2) is 0 Å². The second-order valence-electron chi connectivity index (χ2n) is 5.70. The van der Waals surface area contributed by atoms with Crippen LogP contribution in [0.4, 0.5) is 4.79 Å². The van der Waals surface area contributed by atoms with Crippen LogP contribution < -0.4 is 5.32 Å². The Hall–Kier alpha value is -1.34. The van der Waals surface area contributed by atoms with Gasteiger partial charge in [-0.05, 0) is 27.9 Å². The van der Waals surface area contributed by atoms with Crippen LogP contribution in [0.25, 0.3) is 0 Å². The normalized spacial score (nSPS) is 20.9. The fourth-order valence-electron chi connectivity index (χ4n) is 2.26. The number of rotatable bonds is 5. The fraction of sp³-hybridized carbons (Fsp3) is 0.846. The minimum atomic E-state index is -0.997. The van der Waals surface area contributed by atoms with Crippen molar-refractivity contribution in [1.82, 2.24) is 20.0 Å². The van der Waals surface area contributed by atoms with Gasteiger partial charge in [-0.3, -0.25) is 9.69 Å². The van der Waals surface area contributed by atoms with E-state index < -0.39 is 5.97 Å². The zero-order valence-electron chi connectivity index (χ0n) is 12.8. The number of amides is 2. The molecular weight excluding hydrogens is 260 g/mol. The zero-order valence-corrected chi connectivity index (χ0v) is 12.8. The van der Waals surface area contributed by atoms with E-state index in [1.807, 2.05) is 20.9 Å². The molecule has 2 N–H and O–H groups in total. The molecular formula is C13H26N4O3. The van der Waals surface area contributed by atoms with Crippen molar-refractivity contribution in [3.63, 3.8) is 0 Å². The summed E-state index contributed by atoms with van der Waals surface area (Å²) in [5.74, 6) is -0.997. The molecule has 0 aromatic rings. The Morgan fingerprint density at radius 1 is 1.35 bits per heavy atom. The first kappa shape index (κ1) is 16.7. The van der Waals surface area contributed by atoms with Crippen molar-refractivity contribution in [2.45, 2.75) is 25.9 Å². The van der Waals surface area contributed by atoms with Gasteiger partial charge in [-0.2, -0.15) is 0 Å². The number of carboxylic acid groups (broad SMARTS) is 1. The summed E-state index contributed by atoms with van der Waals surface area (Å²) < 4.78 is 0. The van der Waals surface area contributed by atoms with Crippen molar-refractivity contribution in [3.8, 4) is 0 Å². The van der Waals surface area contributed by atoms with E-state index in [1.165, 1.54) is 4.90 Å². The van der Waals surface area contributed by atoms with Crippen LogP contribution in [-0.4, -0.2) is 90.7 Å². The van der Waals surface area contributed by atoms with E-state index in [2.05, 4.69) is 22.2 Å². The van der Waals surface area contributed by atoms with E-state index >= 15 is 0 Å². The number of carbonyl (C=O) groups is 2. The lowest BCUT2D eigenvalue weighted by Gasteiger charge is -2.38. The number of piperazine rings is 1. The summed E-state index contributed by atoms with van der Waals surface area (Å²) in [5, 5.41) is 11.7. The predicted octanol–water partition coefficient (Wildman–Crippen LogP) is -0.263. The molecule has 7 heteroatoms. The van der Waals surface area contributed by atoms with Gasteiger partial charge >= 0.3 is 12.0 Å². The van der Waals surface area contributed by atoms with Crippen LogP contribution in [0.5, 0.6) is 0 Å². The van der Waals surface area contributed by atoms with E-state index in [-0.39, 0.29) is 24.7 Å². The van der Waals surface area contributed by atoms with Crippen molar-refractivity contribution >= 4 is 12.0 Å². The number of nitrogens with zero attached hydrogens (tertiary/aromatic N) is 3. The van der Waals surface area contributed by atoms with E-state index in [0.717, 1.165) is 19.6 Å². The lowest BCUT2D eigenvalue weighted by molar-refractivity contribution is -0.138. The summed E-state index contributed by atoms with van der Waals surface area (Å²) in [6.45, 7) is 6.77. The van der Waals surface area contributed by atoms with Gasteiger partial charge in [0.1, 0.15) is 6.54 Å². The molecule has 1 aliphatic heterocycles. The van der Waals surface area contributed by atoms with Crippen LogP contribution in [-0.2, 0) is 4.79 Å². The van der Waals surface area contributed by atoms with E-state index in [9.17, 15) is 9.59 Å². The monoisotopic (exact) mass is 286 g/mol. The van der Waals surface area contributed by atoms with Gasteiger partial charge in [0.2, 0.25) is 0 Å². The Balaban J connectivity index is 2.49. The van der Waals surface area contributed by atoms with Gasteiger partial charge < -0.3 is 20.2 Å². The topological polar surface area (TPSA) is 76.1 Å². The summed E-state index contributed by atoms with van der Waals surface area (Å²) in [7, 11) is 4.11. The molecule has 7 nitrogen and oxygen atoms in total. The standard InChI is InChI=1S/C13H26N4O3/c1-10(2)17(9-12(18)19)13(20)14-7-11-8-15(3)5-6-16(11)4/h10-11H,5-9H2,1-4H3,(H,14,20)(H,18,19). The van der Waals surface area contributed by atoms with Crippen LogP contribution >= 0.6 is 0 Å². The number of carbonyl (C=O) groups excluding carboxylic acids is 1. The first-order chi connectivity index (χ1) is 9.31. The Kier molecular flexibility index (Phi) is 6.22. The van der Waals surface area contributed by atoms with Crippen molar-refractivity contribution < 1.29 is 14.7 Å². The molecule has 116 valence electrons. The van der Waals surface area contributed by atoms with Crippen LogP contribution in [0.2, 0.25) is 0 Å². The largest absolute Gasteiger partial charge is 0.480 e. The lowest BCUT2D eigenvalue weighted by atomic mass is 10.2. The van der Waals surface area contributed by atoms with E-state index in [1.54, 1.807) is 0 Å². The molecule has 1 unspecified atom stereocenters. The molecule has 1 rings (SSSR count). The average molecular weight is 286 g/mol. The molecule has 1 aliphatic rings. The van der Waals surface area contributed by atoms with Gasteiger partial charge in [-0.25, -0.2) is 4.79 Å². The van der Waals surface area contributed by atoms with Crippen molar-refractivity contribution in [2.75, 3.05) is 46.8 Å². The molecule has 20 heavy (non-hydrogen) atoms. The number of nitrogens with one attached hydrogen (secondary N) is 1. The van der Waals surface area contributed by atoms with Gasteiger partial charge in [-0.1, -0.05) is 0 Å². The SMILES string of the molecule is CC(C)N(CC(=O)O)C(=O)NCC1CN(C)CCN1C. The van der Waals surface area contributed by atoms with E-state index in [4.69, 9.17) is 5.11 Å². The molecule has 1 fully saturated rings. The van der Waals surface area contributed by atoms with E-state index in [0.29, 0.717) is 6.54 Å². The molecule has 0 bridgehead atoms. The molecule has 0 aromatic carbocycles. The highest BCUT2D eigenvalue weighted by Crippen LogP contribution is 2.05. The second kappa shape index (κ2) is 7.44. The molecule has 0 radical (unpaired) electrons. The molecule has 1 atom stereocenters. The summed E-state index contributed by atoms with van der Waals surface area (Å²) in [5.41, 5.74) is 0. The quantitative estimate of drug-likeness (QED) is 0.728. The predicted molar refractivity (Wildman–Crippen MR) is 76.8 cm³/mol. The first-order valence-corrected chi connectivity index (χ1v) is 6.96. The summed E-state index contributed by atoms with van der Waals surface area (Å²) >= 11 is 0. The van der Waals surface area contributed by atoms with Crippen LogP contribution in [0.15, 0.2) is 0 Å². The Morgan fingerprint density at radius 2 is 2.00 bits per heavy atom. The Morgan fingerprint density at radius 3 is 2.55 bits per heavy atom. The minimum absolute atomic E-state index is 0.141. The van der Waals surface area contributed by atoms with Crippen LogP contribution in [0.3, 0.4) is 0 Å². The van der Waals surface area contributed by atoms with Crippen molar-refractivity contribution in [2.24, 2.45) is 0 Å². The molecule has 0 spiro atoms. The molecule has 0 saturated carbocycles. The highest BCUT2D eigenvalue weighted by atomic mass is 16.4. The molecule has 2 amide bonds. The number of likely N-dealkylation sites (N-methyl/N-ethyl adjacent to an activating group) is 2. The molecule has 0 aliphatic carbocycles. The number of hydrogen-bond acceptors (Lipinski definition) is 4. The minimum Gasteiger partial charge on any atom is -0.480 e. The van der Waals surface area contributed by atoms with Crippen LogP contribution in [0.1, 0.15) is 13.8 Å². The maximum absolute atomic E-state index is 12.1. The lowest BCUT2D eigenvalue weighted by Crippen LogP contribution is -2.56. The maximum atomic E-state index is 12.1. The first-order valence-electron chi connectivity index (χ1n) is 6.96. The number of aliphatic carboxylic acids is 1. The third kappa shape index (κ3) is 4.97. The zero-order chi connectivity index (χ0) is 15.3. The van der Waals surface area contributed by atoms with Gasteiger partial charge in [0.25, 0.3) is 0 Å². The number of urea groups is 1. The van der Waals surface area contributed by atoms with Gasteiger partial charge in [-0.15, -0.1) is 0 Å². The highest BCUT2D eigenvalue weighted by molar-refractivity contribution is 5.80. The Labute approximate surface area is 120 Å². The fourth-order valence-corrected chi connectivity index (χ4v) is 2.26. The van der Waals surface area contributed by atoms with Crippen molar-refractivity contribution in [1.29, 1.82) is 0 Å². The number of carboxylic acids is 1. The van der Waals surface area contributed by atoms with Gasteiger partial charge in [0, 0.05) is 38.3 Å². The molecule has 1 heterocycles. The summed E-state index contributed by atoms with van der Waals surface area (Å²) in [4.78, 5) is 28.6. The second-order valence-corrected chi connectivity index (χ2v) is 5.70. The Bertz CT molecular complexity index is 349. The summed E-state index contributed by atoms with van der Waals surface area (Å²) in [6, 6.07) is -0.196.